The van der Waals surface area contributed by atoms with Crippen molar-refractivity contribution in [2.45, 2.75) is 11.3 Å². The number of amides is 1. The van der Waals surface area contributed by atoms with Gasteiger partial charge >= 0.3 is 0 Å². The third kappa shape index (κ3) is 6.82. The lowest BCUT2D eigenvalue weighted by Gasteiger charge is -2.12. The zero-order valence-corrected chi connectivity index (χ0v) is 18.3. The van der Waals surface area contributed by atoms with Crippen LogP contribution in [0.2, 0.25) is 5.02 Å². The maximum atomic E-state index is 12.2. The van der Waals surface area contributed by atoms with Crippen molar-refractivity contribution in [3.8, 4) is 16.9 Å². The highest BCUT2D eigenvalue weighted by Gasteiger charge is 2.14. The van der Waals surface area contributed by atoms with Gasteiger partial charge in [-0.3, -0.25) is 4.79 Å². The minimum absolute atomic E-state index is 0.0143. The second-order valence-electron chi connectivity index (χ2n) is 6.67. The summed E-state index contributed by atoms with van der Waals surface area (Å²) < 4.78 is 32.6. The highest BCUT2D eigenvalue weighted by Crippen LogP contribution is 2.29. The Balaban J connectivity index is 1.42. The number of ether oxygens (including phenoxy) is 1. The Morgan fingerprint density at radius 1 is 0.903 bits per heavy atom. The molecule has 0 saturated carbocycles. The molecule has 3 aromatic rings. The number of nitrogens with one attached hydrogen (secondary N) is 2. The van der Waals surface area contributed by atoms with Crippen molar-refractivity contribution in [1.29, 1.82) is 0 Å². The van der Waals surface area contributed by atoms with Crippen molar-refractivity contribution in [2.24, 2.45) is 0 Å². The van der Waals surface area contributed by atoms with E-state index in [4.69, 9.17) is 16.3 Å². The van der Waals surface area contributed by atoms with Gasteiger partial charge < -0.3 is 10.1 Å². The predicted octanol–water partition coefficient (Wildman–Crippen LogP) is 3.87. The second kappa shape index (κ2) is 10.9. The van der Waals surface area contributed by atoms with Gasteiger partial charge in [-0.25, -0.2) is 13.1 Å². The number of hydrogen-bond donors (Lipinski definition) is 2. The monoisotopic (exact) mass is 458 g/mol. The molecular weight excluding hydrogens is 436 g/mol. The number of carbonyl (C=O) groups is 1. The Bertz CT molecular complexity index is 1120. The lowest BCUT2D eigenvalue weighted by atomic mass is 10.1. The number of para-hydroxylation sites is 1. The molecule has 0 aliphatic carbocycles. The fourth-order valence-electron chi connectivity index (χ4n) is 2.90. The van der Waals surface area contributed by atoms with Gasteiger partial charge in [0.25, 0.3) is 0 Å². The van der Waals surface area contributed by atoms with Gasteiger partial charge in [-0.05, 0) is 29.8 Å². The number of halogens is 1. The molecule has 1 amide bonds. The molecule has 0 bridgehead atoms. The van der Waals surface area contributed by atoms with Crippen LogP contribution in [0.5, 0.6) is 5.75 Å². The zero-order chi connectivity index (χ0) is 22.1. The molecule has 3 aromatic carbocycles. The first kappa shape index (κ1) is 22.8. The maximum Gasteiger partial charge on any atom is 0.240 e. The van der Waals surface area contributed by atoms with E-state index in [9.17, 15) is 13.2 Å². The summed E-state index contributed by atoms with van der Waals surface area (Å²) in [5, 5.41) is 3.06. The molecular formula is C23H23ClN2O4S. The quantitative estimate of drug-likeness (QED) is 0.452. The van der Waals surface area contributed by atoms with Crippen LogP contribution in [-0.4, -0.2) is 34.0 Å². The molecule has 0 saturated heterocycles. The summed E-state index contributed by atoms with van der Waals surface area (Å²) >= 11 is 5.83. The van der Waals surface area contributed by atoms with E-state index in [2.05, 4.69) is 10.0 Å². The van der Waals surface area contributed by atoms with Gasteiger partial charge in [-0.2, -0.15) is 0 Å². The number of rotatable bonds is 10. The fourth-order valence-corrected chi connectivity index (χ4v) is 4.24. The Hall–Kier alpha value is -2.87. The molecule has 0 aliphatic rings. The van der Waals surface area contributed by atoms with Gasteiger partial charge in [-0.1, -0.05) is 66.2 Å². The maximum absolute atomic E-state index is 12.2. The molecule has 162 valence electrons. The van der Waals surface area contributed by atoms with Crippen LogP contribution < -0.4 is 14.8 Å². The molecule has 3 rings (SSSR count). The first-order valence-corrected chi connectivity index (χ1v) is 11.6. The Morgan fingerprint density at radius 3 is 2.42 bits per heavy atom. The van der Waals surface area contributed by atoms with E-state index >= 15 is 0 Å². The van der Waals surface area contributed by atoms with Crippen molar-refractivity contribution >= 4 is 27.5 Å². The van der Waals surface area contributed by atoms with Crippen LogP contribution >= 0.6 is 11.6 Å². The van der Waals surface area contributed by atoms with Crippen molar-refractivity contribution < 1.29 is 17.9 Å². The third-order valence-corrected chi connectivity index (χ3v) is 6.10. The Kier molecular flexibility index (Phi) is 8.06. The van der Waals surface area contributed by atoms with Gasteiger partial charge in [0.2, 0.25) is 15.9 Å². The van der Waals surface area contributed by atoms with Gasteiger partial charge in [0.15, 0.2) is 0 Å². The van der Waals surface area contributed by atoms with Gasteiger partial charge in [0.05, 0.1) is 11.4 Å². The zero-order valence-electron chi connectivity index (χ0n) is 16.8. The van der Waals surface area contributed by atoms with Crippen molar-refractivity contribution in [3.63, 3.8) is 0 Å². The van der Waals surface area contributed by atoms with Crippen LogP contribution in [0.1, 0.15) is 6.42 Å². The SMILES string of the molecule is O=C(CCNS(=O)(=O)c1cccc(Cl)c1)NCCOc1ccccc1-c1ccccc1. The summed E-state index contributed by atoms with van der Waals surface area (Å²) in [6.45, 7) is 0.588. The average Bonchev–Trinajstić information content (AvgIpc) is 2.77. The average molecular weight is 459 g/mol. The van der Waals surface area contributed by atoms with Crippen LogP contribution in [0.15, 0.2) is 83.8 Å². The number of hydrogen-bond acceptors (Lipinski definition) is 4. The summed E-state index contributed by atoms with van der Waals surface area (Å²) in [6.07, 6.45) is 0.0143. The predicted molar refractivity (Wildman–Crippen MR) is 122 cm³/mol. The summed E-state index contributed by atoms with van der Waals surface area (Å²) in [5.41, 5.74) is 2.03. The number of benzene rings is 3. The van der Waals surface area contributed by atoms with Crippen LogP contribution in [0.4, 0.5) is 0 Å². The molecule has 0 aliphatic heterocycles. The van der Waals surface area contributed by atoms with E-state index in [1.165, 1.54) is 12.1 Å². The minimum atomic E-state index is -3.71. The topological polar surface area (TPSA) is 84.5 Å². The van der Waals surface area contributed by atoms with Crippen molar-refractivity contribution in [3.05, 3.63) is 83.9 Å². The highest BCUT2D eigenvalue weighted by molar-refractivity contribution is 7.89. The van der Waals surface area contributed by atoms with E-state index in [-0.39, 0.29) is 23.8 Å². The molecule has 0 unspecified atom stereocenters. The normalized spacial score (nSPS) is 11.1. The van der Waals surface area contributed by atoms with Gasteiger partial charge in [0.1, 0.15) is 12.4 Å². The molecule has 31 heavy (non-hydrogen) atoms. The molecule has 0 heterocycles. The summed E-state index contributed by atoms with van der Waals surface area (Å²) in [6, 6.07) is 23.6. The number of sulfonamides is 1. The lowest BCUT2D eigenvalue weighted by Crippen LogP contribution is -2.32. The summed E-state index contributed by atoms with van der Waals surface area (Å²) in [5.74, 6) is 0.464. The van der Waals surface area contributed by atoms with Crippen LogP contribution in [0, 0.1) is 0 Å². The fraction of sp³-hybridized carbons (Fsp3) is 0.174. The minimum Gasteiger partial charge on any atom is -0.491 e. The van der Waals surface area contributed by atoms with E-state index in [0.717, 1.165) is 16.9 Å². The van der Waals surface area contributed by atoms with Crippen LogP contribution in [0.3, 0.4) is 0 Å². The van der Waals surface area contributed by atoms with E-state index in [0.29, 0.717) is 18.2 Å². The first-order chi connectivity index (χ1) is 15.0. The van der Waals surface area contributed by atoms with E-state index in [1.54, 1.807) is 12.1 Å². The lowest BCUT2D eigenvalue weighted by molar-refractivity contribution is -0.121. The van der Waals surface area contributed by atoms with Crippen LogP contribution in [0.25, 0.3) is 11.1 Å². The molecule has 0 spiro atoms. The Morgan fingerprint density at radius 2 is 1.65 bits per heavy atom. The molecule has 6 nitrogen and oxygen atoms in total. The molecule has 0 aromatic heterocycles. The smallest absolute Gasteiger partial charge is 0.240 e. The molecule has 2 N–H and O–H groups in total. The third-order valence-electron chi connectivity index (χ3n) is 4.40. The molecule has 0 atom stereocenters. The largest absolute Gasteiger partial charge is 0.491 e. The molecule has 0 radical (unpaired) electrons. The Labute approximate surface area is 187 Å². The molecule has 8 heteroatoms. The van der Waals surface area contributed by atoms with Crippen molar-refractivity contribution in [2.75, 3.05) is 19.7 Å². The van der Waals surface area contributed by atoms with E-state index < -0.39 is 10.0 Å². The second-order valence-corrected chi connectivity index (χ2v) is 8.87. The highest BCUT2D eigenvalue weighted by atomic mass is 35.5. The molecule has 0 fully saturated rings. The number of carbonyl (C=O) groups excluding carboxylic acids is 1. The summed E-state index contributed by atoms with van der Waals surface area (Å²) in [4.78, 5) is 12.1. The van der Waals surface area contributed by atoms with Gasteiger partial charge in [0, 0.05) is 23.6 Å². The summed E-state index contributed by atoms with van der Waals surface area (Å²) in [7, 11) is -3.71. The van der Waals surface area contributed by atoms with E-state index in [1.807, 2.05) is 54.6 Å². The standard InChI is InChI=1S/C23H23ClN2O4S/c24-19-9-6-10-20(17-19)31(28,29)26-14-13-23(27)25-15-16-30-22-12-5-4-11-21(22)18-7-2-1-3-8-18/h1-12,17,26H,13-16H2,(H,25,27). The van der Waals surface area contributed by atoms with Gasteiger partial charge in [-0.15, -0.1) is 0 Å². The first-order valence-electron chi connectivity index (χ1n) is 9.75. The van der Waals surface area contributed by atoms with Crippen molar-refractivity contribution in [1.82, 2.24) is 10.0 Å². The van der Waals surface area contributed by atoms with Crippen LogP contribution in [-0.2, 0) is 14.8 Å².